The molecule has 1 aromatic rings. The molecule has 1 rings (SSSR count). The summed E-state index contributed by atoms with van der Waals surface area (Å²) in [6, 6.07) is 3.15. The second kappa shape index (κ2) is 5.70. The van der Waals surface area contributed by atoms with Crippen molar-refractivity contribution in [2.45, 2.75) is 27.7 Å². The van der Waals surface area contributed by atoms with E-state index in [4.69, 9.17) is 23.1 Å². The first-order valence-corrected chi connectivity index (χ1v) is 6.65. The van der Waals surface area contributed by atoms with Crippen LogP contribution in [0.3, 0.4) is 0 Å². The Bertz CT molecular complexity index is 484. The number of primary amides is 1. The summed E-state index contributed by atoms with van der Waals surface area (Å²) >= 11 is 6.14. The van der Waals surface area contributed by atoms with Gasteiger partial charge in [-0.3, -0.25) is 4.79 Å². The van der Waals surface area contributed by atoms with Crippen LogP contribution in [0.5, 0.6) is 0 Å². The average Bonchev–Trinajstić information content (AvgIpc) is 2.26. The average molecular weight is 284 g/mol. The quantitative estimate of drug-likeness (QED) is 0.726. The summed E-state index contributed by atoms with van der Waals surface area (Å²) in [7, 11) is 0. The van der Waals surface area contributed by atoms with Crippen molar-refractivity contribution in [1.82, 2.24) is 0 Å². The fraction of sp³-hybridized carbons (Fsp3) is 0.500. The number of hydrogen-bond donors (Lipinski definition) is 3. The van der Waals surface area contributed by atoms with Crippen molar-refractivity contribution in [2.75, 3.05) is 17.6 Å². The molecule has 0 unspecified atom stereocenters. The highest BCUT2D eigenvalue weighted by atomic mass is 35.5. The minimum atomic E-state index is -0.543. The lowest BCUT2D eigenvalue weighted by Gasteiger charge is -2.30. The summed E-state index contributed by atoms with van der Waals surface area (Å²) in [5.74, 6) is -0.0522. The van der Waals surface area contributed by atoms with E-state index < -0.39 is 5.91 Å². The lowest BCUT2D eigenvalue weighted by Crippen LogP contribution is -2.29. The van der Waals surface area contributed by atoms with E-state index >= 15 is 0 Å². The molecule has 0 heterocycles. The molecule has 1 amide bonds. The molecule has 0 aromatic heterocycles. The summed E-state index contributed by atoms with van der Waals surface area (Å²) in [6.07, 6.45) is 0. The second-order valence-corrected chi connectivity index (χ2v) is 6.19. The predicted octanol–water partition coefficient (Wildman–Crippen LogP) is 3.12. The van der Waals surface area contributed by atoms with E-state index in [2.05, 4.69) is 33.0 Å². The Balaban J connectivity index is 3.04. The third-order valence-electron chi connectivity index (χ3n) is 3.66. The molecular weight excluding hydrogens is 262 g/mol. The molecule has 0 saturated carbocycles. The maximum atomic E-state index is 11.5. The molecule has 5 heteroatoms. The zero-order chi connectivity index (χ0) is 14.8. The molecule has 106 valence electrons. The summed E-state index contributed by atoms with van der Waals surface area (Å²) < 4.78 is 0. The fourth-order valence-electron chi connectivity index (χ4n) is 1.52. The van der Waals surface area contributed by atoms with Crippen LogP contribution < -0.4 is 16.8 Å². The molecule has 0 aliphatic carbocycles. The van der Waals surface area contributed by atoms with Crippen molar-refractivity contribution in [3.05, 3.63) is 22.7 Å². The Hall–Kier alpha value is -1.42. The number of hydrogen-bond acceptors (Lipinski definition) is 3. The summed E-state index contributed by atoms with van der Waals surface area (Å²) in [4.78, 5) is 11.5. The molecule has 4 nitrogen and oxygen atoms in total. The van der Waals surface area contributed by atoms with E-state index in [1.807, 2.05) is 0 Å². The normalized spacial score (nSPS) is 11.7. The van der Waals surface area contributed by atoms with Gasteiger partial charge in [-0.25, -0.2) is 0 Å². The molecule has 0 radical (unpaired) electrons. The van der Waals surface area contributed by atoms with Gasteiger partial charge in [0.15, 0.2) is 0 Å². The maximum absolute atomic E-state index is 11.5. The number of amides is 1. The molecule has 0 aliphatic heterocycles. The van der Waals surface area contributed by atoms with Gasteiger partial charge >= 0.3 is 0 Å². The zero-order valence-electron chi connectivity index (χ0n) is 11.9. The van der Waals surface area contributed by atoms with E-state index in [9.17, 15) is 4.79 Å². The van der Waals surface area contributed by atoms with E-state index in [0.717, 1.165) is 0 Å². The van der Waals surface area contributed by atoms with Crippen LogP contribution in [0.1, 0.15) is 38.1 Å². The SMILES string of the molecule is CC(C)C(C)(C)CNc1c(Cl)cc(N)cc1C(N)=O. The van der Waals surface area contributed by atoms with Gasteiger partial charge in [0, 0.05) is 12.2 Å². The van der Waals surface area contributed by atoms with Crippen LogP contribution in [0.25, 0.3) is 0 Å². The monoisotopic (exact) mass is 283 g/mol. The lowest BCUT2D eigenvalue weighted by atomic mass is 9.81. The standard InChI is InChI=1S/C14H22ClN3O/c1-8(2)14(3,4)7-18-12-10(13(17)19)5-9(16)6-11(12)15/h5-6,8,18H,7,16H2,1-4H3,(H2,17,19). The van der Waals surface area contributed by atoms with E-state index in [1.54, 1.807) is 12.1 Å². The number of nitrogens with one attached hydrogen (secondary N) is 1. The van der Waals surface area contributed by atoms with Crippen molar-refractivity contribution in [3.63, 3.8) is 0 Å². The molecule has 0 saturated heterocycles. The van der Waals surface area contributed by atoms with Gasteiger partial charge in [-0.05, 0) is 23.5 Å². The molecular formula is C14H22ClN3O. The summed E-state index contributed by atoms with van der Waals surface area (Å²) in [5, 5.41) is 3.63. The molecule has 1 aromatic carbocycles. The van der Waals surface area contributed by atoms with Gasteiger partial charge in [0.2, 0.25) is 0 Å². The fourth-order valence-corrected chi connectivity index (χ4v) is 1.82. The maximum Gasteiger partial charge on any atom is 0.250 e. The van der Waals surface area contributed by atoms with Gasteiger partial charge in [0.1, 0.15) is 0 Å². The number of rotatable bonds is 5. The van der Waals surface area contributed by atoms with Crippen molar-refractivity contribution in [2.24, 2.45) is 17.1 Å². The predicted molar refractivity (Wildman–Crippen MR) is 81.5 cm³/mol. The third-order valence-corrected chi connectivity index (χ3v) is 3.96. The number of anilines is 2. The first-order chi connectivity index (χ1) is 8.65. The van der Waals surface area contributed by atoms with Crippen LogP contribution in [0.15, 0.2) is 12.1 Å². The largest absolute Gasteiger partial charge is 0.399 e. The molecule has 0 aliphatic rings. The van der Waals surface area contributed by atoms with Crippen molar-refractivity contribution >= 4 is 28.9 Å². The first kappa shape index (κ1) is 15.6. The molecule has 5 N–H and O–H groups in total. The van der Waals surface area contributed by atoms with Crippen LogP contribution in [0, 0.1) is 11.3 Å². The van der Waals surface area contributed by atoms with Gasteiger partial charge in [0.25, 0.3) is 5.91 Å². The number of halogens is 1. The highest BCUT2D eigenvalue weighted by Crippen LogP contribution is 2.32. The van der Waals surface area contributed by atoms with Crippen LogP contribution in [0.4, 0.5) is 11.4 Å². The van der Waals surface area contributed by atoms with Crippen molar-refractivity contribution < 1.29 is 4.79 Å². The number of benzene rings is 1. The van der Waals surface area contributed by atoms with Crippen LogP contribution >= 0.6 is 11.6 Å². The zero-order valence-corrected chi connectivity index (χ0v) is 12.6. The number of carbonyl (C=O) groups excluding carboxylic acids is 1. The highest BCUT2D eigenvalue weighted by molar-refractivity contribution is 6.34. The third kappa shape index (κ3) is 3.77. The minimum absolute atomic E-state index is 0.0691. The van der Waals surface area contributed by atoms with E-state index in [1.165, 1.54) is 0 Å². The second-order valence-electron chi connectivity index (χ2n) is 5.79. The van der Waals surface area contributed by atoms with Gasteiger partial charge in [-0.15, -0.1) is 0 Å². The lowest BCUT2D eigenvalue weighted by molar-refractivity contribution is 0.100. The summed E-state index contributed by atoms with van der Waals surface area (Å²) in [5.41, 5.74) is 12.4. The highest BCUT2D eigenvalue weighted by Gasteiger charge is 2.23. The Morgan fingerprint density at radius 1 is 1.42 bits per heavy atom. The summed E-state index contributed by atoms with van der Waals surface area (Å²) in [6.45, 7) is 9.30. The molecule has 0 atom stereocenters. The number of nitrogens with two attached hydrogens (primary N) is 2. The van der Waals surface area contributed by atoms with Gasteiger partial charge in [0.05, 0.1) is 16.3 Å². The number of nitrogen functional groups attached to an aromatic ring is 1. The molecule has 0 fully saturated rings. The Labute approximate surface area is 119 Å². The molecule has 19 heavy (non-hydrogen) atoms. The topological polar surface area (TPSA) is 81.1 Å². The van der Waals surface area contributed by atoms with E-state index in [-0.39, 0.29) is 5.41 Å². The van der Waals surface area contributed by atoms with Crippen LogP contribution in [0.2, 0.25) is 5.02 Å². The Morgan fingerprint density at radius 2 is 2.00 bits per heavy atom. The van der Waals surface area contributed by atoms with Crippen molar-refractivity contribution in [3.8, 4) is 0 Å². The molecule has 0 spiro atoms. The van der Waals surface area contributed by atoms with Crippen LogP contribution in [-0.4, -0.2) is 12.5 Å². The first-order valence-electron chi connectivity index (χ1n) is 6.28. The minimum Gasteiger partial charge on any atom is -0.399 e. The van der Waals surface area contributed by atoms with E-state index in [0.29, 0.717) is 34.4 Å². The van der Waals surface area contributed by atoms with Crippen LogP contribution in [-0.2, 0) is 0 Å². The Morgan fingerprint density at radius 3 is 2.47 bits per heavy atom. The van der Waals surface area contributed by atoms with Gasteiger partial charge in [-0.1, -0.05) is 39.3 Å². The smallest absolute Gasteiger partial charge is 0.250 e. The number of carbonyl (C=O) groups is 1. The van der Waals surface area contributed by atoms with Gasteiger partial charge in [-0.2, -0.15) is 0 Å². The van der Waals surface area contributed by atoms with Gasteiger partial charge < -0.3 is 16.8 Å². The molecule has 0 bridgehead atoms. The van der Waals surface area contributed by atoms with Crippen molar-refractivity contribution in [1.29, 1.82) is 0 Å². The Kier molecular flexibility index (Phi) is 4.69.